The smallest absolute Gasteiger partial charge is 0.240 e. The van der Waals surface area contributed by atoms with Crippen LogP contribution in [0.2, 0.25) is 0 Å². The summed E-state index contributed by atoms with van der Waals surface area (Å²) in [7, 11) is 1.93. The van der Waals surface area contributed by atoms with Crippen molar-refractivity contribution in [3.8, 4) is 0 Å². The Bertz CT molecular complexity index is 436. The Kier molecular flexibility index (Phi) is 4.48. The summed E-state index contributed by atoms with van der Waals surface area (Å²) in [4.78, 5) is 15.4. The third-order valence-corrected chi connectivity index (χ3v) is 5.57. The zero-order chi connectivity index (χ0) is 14.8. The predicted octanol–water partition coefficient (Wildman–Crippen LogP) is 2.89. The van der Waals surface area contributed by atoms with Crippen molar-refractivity contribution < 1.29 is 4.79 Å². The first-order valence-corrected chi connectivity index (χ1v) is 8.57. The Morgan fingerprint density at radius 2 is 1.86 bits per heavy atom. The number of nitrogens with one attached hydrogen (secondary N) is 1. The van der Waals surface area contributed by atoms with Crippen molar-refractivity contribution in [3.63, 3.8) is 0 Å². The quantitative estimate of drug-likeness (QED) is 0.847. The third kappa shape index (κ3) is 2.80. The molecule has 1 heterocycles. The number of hydrogen-bond acceptors (Lipinski definition) is 2. The first kappa shape index (κ1) is 14.8. The Morgan fingerprint density at radius 1 is 1.14 bits per heavy atom. The van der Waals surface area contributed by atoms with Gasteiger partial charge in [0.15, 0.2) is 0 Å². The summed E-state index contributed by atoms with van der Waals surface area (Å²) < 4.78 is 0. The number of carbonyl (C=O) groups excluding carboxylic acids is 1. The zero-order valence-electron chi connectivity index (χ0n) is 13.3. The maximum absolute atomic E-state index is 13.1. The van der Waals surface area contributed by atoms with Gasteiger partial charge in [-0.1, -0.05) is 43.6 Å². The van der Waals surface area contributed by atoms with E-state index in [1.807, 2.05) is 7.05 Å². The molecular weight excluding hydrogens is 260 g/mol. The zero-order valence-corrected chi connectivity index (χ0v) is 13.3. The molecule has 3 aliphatic rings. The minimum atomic E-state index is -0.0666. The monoisotopic (exact) mass is 288 g/mol. The van der Waals surface area contributed by atoms with Crippen molar-refractivity contribution >= 4 is 5.91 Å². The SMILES string of the molecule is CNC1C(=O)N(C2CCCCC2)C(C)CC2C=CC=CC21. The molecule has 1 N–H and O–H groups in total. The van der Waals surface area contributed by atoms with Gasteiger partial charge in [-0.15, -0.1) is 0 Å². The number of likely N-dealkylation sites (N-methyl/N-ethyl adjacent to an activating group) is 1. The van der Waals surface area contributed by atoms with Gasteiger partial charge in [-0.3, -0.25) is 4.79 Å². The summed E-state index contributed by atoms with van der Waals surface area (Å²) in [5.41, 5.74) is 0. The molecule has 0 aromatic heterocycles. The molecule has 1 saturated carbocycles. The van der Waals surface area contributed by atoms with Crippen LogP contribution in [0.1, 0.15) is 45.4 Å². The van der Waals surface area contributed by atoms with E-state index < -0.39 is 0 Å². The molecule has 0 bridgehead atoms. The maximum atomic E-state index is 13.1. The van der Waals surface area contributed by atoms with Gasteiger partial charge in [0.25, 0.3) is 0 Å². The molecular formula is C18H28N2O. The number of hydrogen-bond donors (Lipinski definition) is 1. The van der Waals surface area contributed by atoms with Crippen molar-refractivity contribution in [3.05, 3.63) is 24.3 Å². The fraction of sp³-hybridized carbons (Fsp3) is 0.722. The summed E-state index contributed by atoms with van der Waals surface area (Å²) >= 11 is 0. The Labute approximate surface area is 128 Å². The van der Waals surface area contributed by atoms with Crippen LogP contribution in [-0.2, 0) is 4.79 Å². The van der Waals surface area contributed by atoms with Crippen LogP contribution in [0.4, 0.5) is 0 Å². The second-order valence-electron chi connectivity index (χ2n) is 6.90. The molecule has 1 aliphatic heterocycles. The average Bonchev–Trinajstić information content (AvgIpc) is 2.61. The molecule has 4 atom stereocenters. The van der Waals surface area contributed by atoms with E-state index in [2.05, 4.69) is 41.4 Å². The lowest BCUT2D eigenvalue weighted by Gasteiger charge is -2.39. The van der Waals surface area contributed by atoms with Crippen molar-refractivity contribution in [2.75, 3.05) is 7.05 Å². The number of amides is 1. The Balaban J connectivity index is 1.88. The molecule has 0 aromatic rings. The van der Waals surface area contributed by atoms with Crippen molar-refractivity contribution in [2.45, 2.75) is 63.6 Å². The molecule has 0 radical (unpaired) electrons. The van der Waals surface area contributed by atoms with Gasteiger partial charge in [0, 0.05) is 18.0 Å². The number of rotatable bonds is 2. The van der Waals surface area contributed by atoms with Gasteiger partial charge >= 0.3 is 0 Å². The number of allylic oxidation sites excluding steroid dienone is 3. The lowest BCUT2D eigenvalue weighted by atomic mass is 9.81. The summed E-state index contributed by atoms with van der Waals surface area (Å²) in [6.07, 6.45) is 16.1. The summed E-state index contributed by atoms with van der Waals surface area (Å²) in [5, 5.41) is 3.31. The van der Waals surface area contributed by atoms with E-state index in [0.29, 0.717) is 29.8 Å². The van der Waals surface area contributed by atoms with Gasteiger partial charge in [-0.25, -0.2) is 0 Å². The van der Waals surface area contributed by atoms with Gasteiger partial charge in [0.1, 0.15) is 0 Å². The fourth-order valence-electron chi connectivity index (χ4n) is 4.53. The molecule has 116 valence electrons. The van der Waals surface area contributed by atoms with Crippen LogP contribution in [0.3, 0.4) is 0 Å². The molecule has 21 heavy (non-hydrogen) atoms. The molecule has 4 unspecified atom stereocenters. The van der Waals surface area contributed by atoms with Crippen LogP contribution in [0.25, 0.3) is 0 Å². The van der Waals surface area contributed by atoms with Crippen LogP contribution < -0.4 is 5.32 Å². The normalized spacial score (nSPS) is 37.4. The number of nitrogens with zero attached hydrogens (tertiary/aromatic N) is 1. The molecule has 3 rings (SSSR count). The van der Waals surface area contributed by atoms with E-state index in [9.17, 15) is 4.79 Å². The summed E-state index contributed by atoms with van der Waals surface area (Å²) in [6.45, 7) is 2.24. The first-order chi connectivity index (χ1) is 10.2. The van der Waals surface area contributed by atoms with Crippen molar-refractivity contribution in [1.29, 1.82) is 0 Å². The van der Waals surface area contributed by atoms with Gasteiger partial charge in [0.2, 0.25) is 5.91 Å². The van der Waals surface area contributed by atoms with E-state index in [0.717, 1.165) is 6.42 Å². The minimum Gasteiger partial charge on any atom is -0.336 e. The van der Waals surface area contributed by atoms with Crippen LogP contribution in [0.5, 0.6) is 0 Å². The third-order valence-electron chi connectivity index (χ3n) is 5.57. The van der Waals surface area contributed by atoms with Crippen LogP contribution in [0.15, 0.2) is 24.3 Å². The molecule has 1 saturated heterocycles. The highest BCUT2D eigenvalue weighted by atomic mass is 16.2. The van der Waals surface area contributed by atoms with E-state index in [-0.39, 0.29) is 6.04 Å². The Hall–Kier alpha value is -1.09. The highest BCUT2D eigenvalue weighted by molar-refractivity contribution is 5.83. The van der Waals surface area contributed by atoms with E-state index in [4.69, 9.17) is 0 Å². The van der Waals surface area contributed by atoms with Crippen LogP contribution in [0, 0.1) is 11.8 Å². The number of carbonyl (C=O) groups is 1. The second-order valence-corrected chi connectivity index (χ2v) is 6.90. The van der Waals surface area contributed by atoms with Crippen LogP contribution >= 0.6 is 0 Å². The molecule has 3 nitrogen and oxygen atoms in total. The summed E-state index contributed by atoms with van der Waals surface area (Å²) in [5.74, 6) is 1.12. The van der Waals surface area contributed by atoms with Gasteiger partial charge in [-0.2, -0.15) is 0 Å². The second kappa shape index (κ2) is 6.35. The highest BCUT2D eigenvalue weighted by Gasteiger charge is 2.42. The molecule has 2 fully saturated rings. The van der Waals surface area contributed by atoms with E-state index >= 15 is 0 Å². The first-order valence-electron chi connectivity index (χ1n) is 8.57. The molecule has 3 heteroatoms. The molecule has 0 spiro atoms. The largest absolute Gasteiger partial charge is 0.336 e. The maximum Gasteiger partial charge on any atom is 0.240 e. The minimum absolute atomic E-state index is 0.0666. The number of likely N-dealkylation sites (tertiary alicyclic amines) is 1. The molecule has 2 aliphatic carbocycles. The van der Waals surface area contributed by atoms with Gasteiger partial charge in [0.05, 0.1) is 6.04 Å². The Morgan fingerprint density at radius 3 is 2.57 bits per heavy atom. The fourth-order valence-corrected chi connectivity index (χ4v) is 4.53. The number of fused-ring (bicyclic) bond motifs is 1. The lowest BCUT2D eigenvalue weighted by Crippen LogP contribution is -2.53. The predicted molar refractivity (Wildman–Crippen MR) is 85.9 cm³/mol. The topological polar surface area (TPSA) is 32.3 Å². The highest BCUT2D eigenvalue weighted by Crippen LogP contribution is 2.36. The average molecular weight is 288 g/mol. The van der Waals surface area contributed by atoms with Crippen LogP contribution in [-0.4, -0.2) is 36.0 Å². The summed E-state index contributed by atoms with van der Waals surface area (Å²) in [6, 6.07) is 0.746. The van der Waals surface area contributed by atoms with Gasteiger partial charge in [-0.05, 0) is 39.2 Å². The van der Waals surface area contributed by atoms with Crippen molar-refractivity contribution in [1.82, 2.24) is 10.2 Å². The van der Waals surface area contributed by atoms with E-state index in [1.165, 1.54) is 32.1 Å². The standard InChI is InChI=1S/C18H28N2O/c1-13-12-14-8-6-7-11-16(14)17(19-2)18(21)20(13)15-9-4-3-5-10-15/h6-8,11,13-17,19H,3-5,9-10,12H2,1-2H3. The van der Waals surface area contributed by atoms with Crippen molar-refractivity contribution in [2.24, 2.45) is 11.8 Å². The molecule has 0 aromatic carbocycles. The lowest BCUT2D eigenvalue weighted by molar-refractivity contribution is -0.138. The van der Waals surface area contributed by atoms with Gasteiger partial charge < -0.3 is 10.2 Å². The molecule has 1 amide bonds. The van der Waals surface area contributed by atoms with E-state index in [1.54, 1.807) is 0 Å².